The third-order valence-corrected chi connectivity index (χ3v) is 8.45. The van der Waals surface area contributed by atoms with E-state index in [-0.39, 0.29) is 42.1 Å². The molecule has 0 spiro atoms. The summed E-state index contributed by atoms with van der Waals surface area (Å²) in [6.07, 6.45) is 0.795. The first-order chi connectivity index (χ1) is 22.2. The van der Waals surface area contributed by atoms with Gasteiger partial charge in [-0.25, -0.2) is 0 Å². The van der Waals surface area contributed by atoms with Gasteiger partial charge in [0.2, 0.25) is 11.8 Å². The standard InChI is InChI=1S/C31H39N3O11S/c1-22-6-8-23(9-7-22)46(39,40)45-21-20-42-14-3-13-41-16-18-44-19-17-43-15-12-32-25-5-2-4-24-28(25)31(38)34(30(24)37)26-10-11-27(35)33-29(26)36/h2,4-9,26,32H,3,10-21H2,1H3,(H,33,35,36). The van der Waals surface area contributed by atoms with Gasteiger partial charge in [0.05, 0.1) is 62.3 Å². The molecule has 2 heterocycles. The zero-order chi connectivity index (χ0) is 32.9. The molecule has 4 amide bonds. The van der Waals surface area contributed by atoms with Crippen molar-refractivity contribution in [3.05, 3.63) is 59.2 Å². The molecule has 2 aromatic rings. The Morgan fingerprint density at radius 2 is 1.43 bits per heavy atom. The van der Waals surface area contributed by atoms with Gasteiger partial charge in [0.1, 0.15) is 6.04 Å². The van der Waals surface area contributed by atoms with Crippen LogP contribution >= 0.6 is 0 Å². The van der Waals surface area contributed by atoms with E-state index < -0.39 is 39.8 Å². The maximum absolute atomic E-state index is 13.1. The second kappa shape index (κ2) is 17.3. The first kappa shape index (κ1) is 35.1. The lowest BCUT2D eigenvalue weighted by Crippen LogP contribution is -2.54. The van der Waals surface area contributed by atoms with Gasteiger partial charge in [-0.2, -0.15) is 8.42 Å². The van der Waals surface area contributed by atoms with Crippen molar-refractivity contribution in [2.24, 2.45) is 0 Å². The maximum atomic E-state index is 13.1. The molecular formula is C31H39N3O11S. The Morgan fingerprint density at radius 1 is 0.804 bits per heavy atom. The SMILES string of the molecule is Cc1ccc(S(=O)(=O)OCCOCCCOCCOCCOCCNc2cccc3c2C(=O)N(C2CCC(=O)NC2=O)C3=O)cc1. The lowest BCUT2D eigenvalue weighted by molar-refractivity contribution is -0.136. The van der Waals surface area contributed by atoms with Gasteiger partial charge in [-0.3, -0.25) is 33.6 Å². The summed E-state index contributed by atoms with van der Waals surface area (Å²) in [5.74, 6) is -2.20. The van der Waals surface area contributed by atoms with Crippen LogP contribution in [0.15, 0.2) is 47.4 Å². The highest BCUT2D eigenvalue weighted by atomic mass is 32.2. The summed E-state index contributed by atoms with van der Waals surface area (Å²) >= 11 is 0. The van der Waals surface area contributed by atoms with Crippen molar-refractivity contribution in [2.75, 3.05) is 71.3 Å². The highest BCUT2D eigenvalue weighted by Gasteiger charge is 2.45. The predicted octanol–water partition coefficient (Wildman–Crippen LogP) is 1.67. The van der Waals surface area contributed by atoms with Gasteiger partial charge in [-0.05, 0) is 44.0 Å². The largest absolute Gasteiger partial charge is 0.382 e. The first-order valence-corrected chi connectivity index (χ1v) is 16.5. The Kier molecular flexibility index (Phi) is 13.2. The van der Waals surface area contributed by atoms with Crippen LogP contribution in [-0.4, -0.2) is 109 Å². The van der Waals surface area contributed by atoms with Crippen molar-refractivity contribution in [1.82, 2.24) is 10.2 Å². The molecule has 0 aromatic heterocycles. The van der Waals surface area contributed by atoms with E-state index in [0.29, 0.717) is 64.9 Å². The molecule has 1 atom stereocenters. The van der Waals surface area contributed by atoms with Gasteiger partial charge in [-0.15, -0.1) is 0 Å². The van der Waals surface area contributed by atoms with Crippen molar-refractivity contribution < 1.29 is 50.7 Å². The van der Waals surface area contributed by atoms with Gasteiger partial charge in [0.15, 0.2) is 0 Å². The molecule has 46 heavy (non-hydrogen) atoms. The third-order valence-electron chi connectivity index (χ3n) is 7.13. The minimum absolute atomic E-state index is 0.0593. The van der Waals surface area contributed by atoms with Crippen molar-refractivity contribution >= 4 is 39.4 Å². The van der Waals surface area contributed by atoms with Crippen LogP contribution in [0.1, 0.15) is 45.5 Å². The molecule has 14 nitrogen and oxygen atoms in total. The number of rotatable bonds is 20. The molecule has 1 unspecified atom stereocenters. The van der Waals surface area contributed by atoms with E-state index in [9.17, 15) is 27.6 Å². The highest BCUT2D eigenvalue weighted by Crippen LogP contribution is 2.32. The number of anilines is 1. The van der Waals surface area contributed by atoms with Crippen LogP contribution in [0.25, 0.3) is 0 Å². The number of imide groups is 2. The van der Waals surface area contributed by atoms with Gasteiger partial charge in [0, 0.05) is 31.9 Å². The molecule has 4 rings (SSSR count). The summed E-state index contributed by atoms with van der Waals surface area (Å²) in [4.78, 5) is 50.8. The number of ether oxygens (including phenoxy) is 4. The zero-order valence-corrected chi connectivity index (χ0v) is 26.5. The molecule has 2 aliphatic rings. The van der Waals surface area contributed by atoms with E-state index in [0.717, 1.165) is 10.5 Å². The van der Waals surface area contributed by atoms with Crippen molar-refractivity contribution in [3.8, 4) is 0 Å². The molecular weight excluding hydrogens is 622 g/mol. The number of piperidine rings is 1. The summed E-state index contributed by atoms with van der Waals surface area (Å²) in [5.41, 5.74) is 1.84. The molecule has 250 valence electrons. The smallest absolute Gasteiger partial charge is 0.297 e. The van der Waals surface area contributed by atoms with Gasteiger partial charge < -0.3 is 24.3 Å². The minimum Gasteiger partial charge on any atom is -0.382 e. The van der Waals surface area contributed by atoms with Gasteiger partial charge >= 0.3 is 0 Å². The number of carbonyl (C=O) groups excluding carboxylic acids is 4. The Bertz CT molecular complexity index is 1480. The van der Waals surface area contributed by atoms with Gasteiger partial charge in [-0.1, -0.05) is 23.8 Å². The first-order valence-electron chi connectivity index (χ1n) is 15.0. The van der Waals surface area contributed by atoms with Crippen LogP contribution in [0.3, 0.4) is 0 Å². The fourth-order valence-electron chi connectivity index (χ4n) is 4.80. The maximum Gasteiger partial charge on any atom is 0.297 e. The number of hydrogen-bond acceptors (Lipinski definition) is 12. The highest BCUT2D eigenvalue weighted by molar-refractivity contribution is 7.86. The summed E-state index contributed by atoms with van der Waals surface area (Å²) in [5, 5.41) is 5.30. The summed E-state index contributed by atoms with van der Waals surface area (Å²) in [7, 11) is -3.79. The van der Waals surface area contributed by atoms with Crippen molar-refractivity contribution in [3.63, 3.8) is 0 Å². The number of nitrogens with one attached hydrogen (secondary N) is 2. The lowest BCUT2D eigenvalue weighted by atomic mass is 10.0. The monoisotopic (exact) mass is 661 g/mol. The van der Waals surface area contributed by atoms with E-state index in [1.807, 2.05) is 6.92 Å². The van der Waals surface area contributed by atoms with Crippen LogP contribution in [0, 0.1) is 6.92 Å². The molecule has 1 fully saturated rings. The summed E-state index contributed by atoms with van der Waals surface area (Å²) in [6.45, 7) is 5.05. The second-order valence-electron chi connectivity index (χ2n) is 10.5. The van der Waals surface area contributed by atoms with E-state index >= 15 is 0 Å². The van der Waals surface area contributed by atoms with Crippen LogP contribution in [0.4, 0.5) is 5.69 Å². The third kappa shape index (κ3) is 9.64. The van der Waals surface area contributed by atoms with Crippen molar-refractivity contribution in [1.29, 1.82) is 0 Å². The number of fused-ring (bicyclic) bond motifs is 1. The average Bonchev–Trinajstić information content (AvgIpc) is 3.28. The quantitative estimate of drug-likeness (QED) is 0.119. The number of amides is 4. The van der Waals surface area contributed by atoms with E-state index in [1.165, 1.54) is 12.1 Å². The molecule has 2 N–H and O–H groups in total. The number of hydrogen-bond donors (Lipinski definition) is 2. The Hall–Kier alpha value is -3.73. The van der Waals surface area contributed by atoms with Crippen LogP contribution in [-0.2, 0) is 42.8 Å². The Labute approximate surface area is 267 Å². The molecule has 0 bridgehead atoms. The molecule has 15 heteroatoms. The number of nitrogens with zero attached hydrogens (tertiary/aromatic N) is 1. The zero-order valence-electron chi connectivity index (χ0n) is 25.7. The fraction of sp³-hybridized carbons (Fsp3) is 0.484. The fourth-order valence-corrected chi connectivity index (χ4v) is 5.70. The average molecular weight is 662 g/mol. The van der Waals surface area contributed by atoms with E-state index in [2.05, 4.69) is 10.6 Å². The Balaban J connectivity index is 0.989. The molecule has 0 radical (unpaired) electrons. The lowest BCUT2D eigenvalue weighted by Gasteiger charge is -2.27. The normalized spacial score (nSPS) is 16.5. The van der Waals surface area contributed by atoms with E-state index in [4.69, 9.17) is 23.1 Å². The molecule has 2 aliphatic heterocycles. The van der Waals surface area contributed by atoms with Crippen LogP contribution in [0.2, 0.25) is 0 Å². The number of carbonyl (C=O) groups is 4. The molecule has 0 saturated carbocycles. The van der Waals surface area contributed by atoms with Crippen molar-refractivity contribution in [2.45, 2.75) is 37.1 Å². The number of aryl methyl sites for hydroxylation is 1. The van der Waals surface area contributed by atoms with E-state index in [1.54, 1.807) is 30.3 Å². The van der Waals surface area contributed by atoms with Crippen LogP contribution < -0.4 is 10.6 Å². The predicted molar refractivity (Wildman–Crippen MR) is 164 cm³/mol. The second-order valence-corrected chi connectivity index (χ2v) is 12.1. The van der Waals surface area contributed by atoms with Gasteiger partial charge in [0.25, 0.3) is 21.9 Å². The minimum atomic E-state index is -3.79. The number of benzene rings is 2. The summed E-state index contributed by atoms with van der Waals surface area (Å²) in [6, 6.07) is 10.3. The molecule has 0 aliphatic carbocycles. The topological polar surface area (TPSA) is 176 Å². The molecule has 1 saturated heterocycles. The molecule has 2 aromatic carbocycles. The van der Waals surface area contributed by atoms with Crippen LogP contribution in [0.5, 0.6) is 0 Å². The summed E-state index contributed by atoms with van der Waals surface area (Å²) < 4.78 is 51.1. The Morgan fingerprint density at radius 3 is 2.11 bits per heavy atom.